The minimum absolute atomic E-state index is 1.08. The van der Waals surface area contributed by atoms with Gasteiger partial charge in [-0.3, -0.25) is 0 Å². The Morgan fingerprint density at radius 2 is 1.63 bits per heavy atom. The van der Waals surface area contributed by atoms with Gasteiger partial charge >= 0.3 is 0 Å². The molecule has 0 aliphatic carbocycles. The van der Waals surface area contributed by atoms with E-state index in [2.05, 4.69) is 46.5 Å². The summed E-state index contributed by atoms with van der Waals surface area (Å²) in [5.74, 6) is 0. The molecule has 0 saturated heterocycles. The third-order valence-corrected chi connectivity index (χ3v) is 3.40. The third-order valence-electron chi connectivity index (χ3n) is 2.31. The molecular formula is C13H10NO2S3-. The van der Waals surface area contributed by atoms with Crippen LogP contribution in [0.15, 0.2) is 54.6 Å². The minimum Gasteiger partial charge on any atom is -0.459 e. The van der Waals surface area contributed by atoms with Crippen LogP contribution in [0.3, 0.4) is 0 Å². The first-order valence-electron chi connectivity index (χ1n) is 5.36. The zero-order valence-corrected chi connectivity index (χ0v) is 12.2. The van der Waals surface area contributed by atoms with Gasteiger partial charge in [-0.15, -0.1) is 11.3 Å². The van der Waals surface area contributed by atoms with Crippen molar-refractivity contribution in [2.45, 2.75) is 0 Å². The molecule has 1 aromatic heterocycles. The average molecular weight is 308 g/mol. The van der Waals surface area contributed by atoms with Gasteiger partial charge in [0, 0.05) is 5.56 Å². The fourth-order valence-corrected chi connectivity index (χ4v) is 2.55. The van der Waals surface area contributed by atoms with Gasteiger partial charge in [-0.25, -0.2) is 16.2 Å². The fourth-order valence-electron chi connectivity index (χ4n) is 1.58. The van der Waals surface area contributed by atoms with Gasteiger partial charge in [-0.05, 0) is 12.1 Å². The molecule has 0 saturated carbocycles. The summed E-state index contributed by atoms with van der Waals surface area (Å²) in [5, 5.41) is 1.09. The van der Waals surface area contributed by atoms with Crippen molar-refractivity contribution in [3.63, 3.8) is 0 Å². The van der Waals surface area contributed by atoms with E-state index >= 15 is 0 Å². The Balaban J connectivity index is 0.000000297. The van der Waals surface area contributed by atoms with E-state index in [4.69, 9.17) is 8.76 Å². The molecule has 0 unspecified atom stereocenters. The van der Waals surface area contributed by atoms with Crippen LogP contribution in [0.1, 0.15) is 0 Å². The van der Waals surface area contributed by atoms with Crippen LogP contribution in [0.2, 0.25) is 0 Å². The zero-order chi connectivity index (χ0) is 13.7. The van der Waals surface area contributed by atoms with Crippen LogP contribution < -0.4 is 0 Å². The van der Waals surface area contributed by atoms with Crippen LogP contribution in [0.25, 0.3) is 20.8 Å². The van der Waals surface area contributed by atoms with E-state index in [1.54, 1.807) is 11.3 Å². The van der Waals surface area contributed by atoms with Crippen molar-refractivity contribution >= 4 is 42.4 Å². The molecule has 0 atom stereocenters. The van der Waals surface area contributed by atoms with Gasteiger partial charge in [-0.2, -0.15) is 0 Å². The third kappa shape index (κ3) is 4.07. The topological polar surface area (TPSA) is 50.2 Å². The lowest BCUT2D eigenvalue weighted by molar-refractivity contribution is 0.536. The lowest BCUT2D eigenvalue weighted by Crippen LogP contribution is -1.73. The summed E-state index contributed by atoms with van der Waals surface area (Å²) in [4.78, 5) is 4.60. The van der Waals surface area contributed by atoms with Gasteiger partial charge in [0.1, 0.15) is 5.01 Å². The Morgan fingerprint density at radius 3 is 2.26 bits per heavy atom. The second-order valence-electron chi connectivity index (χ2n) is 3.57. The maximum absolute atomic E-state index is 8.93. The Hall–Kier alpha value is -1.34. The monoisotopic (exact) mass is 308 g/mol. The zero-order valence-electron chi connectivity index (χ0n) is 9.72. The predicted octanol–water partition coefficient (Wildman–Crippen LogP) is 3.85. The molecule has 19 heavy (non-hydrogen) atoms. The van der Waals surface area contributed by atoms with Crippen LogP contribution in [0.5, 0.6) is 0 Å². The van der Waals surface area contributed by atoms with Crippen molar-refractivity contribution in [2.24, 2.45) is 0 Å². The van der Waals surface area contributed by atoms with E-state index in [1.165, 1.54) is 10.3 Å². The Kier molecular flexibility index (Phi) is 4.98. The maximum atomic E-state index is 8.93. The molecule has 0 amide bonds. The van der Waals surface area contributed by atoms with Crippen LogP contribution >= 0.6 is 11.3 Å². The van der Waals surface area contributed by atoms with Crippen molar-refractivity contribution in [1.82, 2.24) is 4.98 Å². The van der Waals surface area contributed by atoms with E-state index in [9.17, 15) is 0 Å². The van der Waals surface area contributed by atoms with Crippen molar-refractivity contribution in [2.75, 3.05) is 0 Å². The van der Waals surface area contributed by atoms with Crippen LogP contribution in [0, 0.1) is 0 Å². The molecule has 2 aromatic carbocycles. The normalized spacial score (nSPS) is 10.2. The first-order chi connectivity index (χ1) is 9.16. The second kappa shape index (κ2) is 6.72. The Labute approximate surface area is 121 Å². The molecule has 1 heterocycles. The van der Waals surface area contributed by atoms with E-state index in [0.717, 1.165) is 10.5 Å². The molecule has 0 spiro atoms. The summed E-state index contributed by atoms with van der Waals surface area (Å²) in [6.45, 7) is 0. The number of rotatable bonds is 1. The van der Waals surface area contributed by atoms with Crippen molar-refractivity contribution in [3.8, 4) is 10.6 Å². The SMILES string of the molecule is O=[S-](O)=S.c1ccc(-c2nc3ccccc3s2)cc1. The second-order valence-corrected chi connectivity index (χ2v) is 5.89. The summed E-state index contributed by atoms with van der Waals surface area (Å²) in [5.41, 5.74) is 2.28. The summed E-state index contributed by atoms with van der Waals surface area (Å²) in [6, 6.07) is 18.5. The Bertz CT molecular complexity index is 695. The molecule has 0 aliphatic rings. The average Bonchev–Trinajstić information content (AvgIpc) is 2.83. The molecule has 98 valence electrons. The van der Waals surface area contributed by atoms with Crippen molar-refractivity contribution < 1.29 is 8.76 Å². The molecule has 3 rings (SSSR count). The highest BCUT2D eigenvalue weighted by Crippen LogP contribution is 2.29. The highest BCUT2D eigenvalue weighted by molar-refractivity contribution is 8.18. The number of hydrogen-bond donors (Lipinski definition) is 1. The molecule has 0 radical (unpaired) electrons. The quantitative estimate of drug-likeness (QED) is 0.548. The first kappa shape index (κ1) is 14.1. The molecular weight excluding hydrogens is 298 g/mol. The largest absolute Gasteiger partial charge is 0.459 e. The molecule has 6 heteroatoms. The first-order valence-corrected chi connectivity index (χ1v) is 8.21. The number of fused-ring (bicyclic) bond motifs is 1. The summed E-state index contributed by atoms with van der Waals surface area (Å²) < 4.78 is 17.5. The summed E-state index contributed by atoms with van der Waals surface area (Å²) in [6.07, 6.45) is 0. The predicted molar refractivity (Wildman–Crippen MR) is 83.1 cm³/mol. The van der Waals surface area contributed by atoms with Crippen molar-refractivity contribution in [3.05, 3.63) is 54.6 Å². The standard InChI is InChI=1S/C13H9NS.HO2S2/c1-2-6-10(7-3-1)13-14-11-8-4-5-9-12(11)15-13;1-4(2)3/h1-9H;(H,1,2,3)/q;-1. The number of hydrogen-bond acceptors (Lipinski definition) is 5. The summed E-state index contributed by atoms with van der Waals surface area (Å²) in [7, 11) is -2.03. The summed E-state index contributed by atoms with van der Waals surface area (Å²) >= 11 is 5.39. The van der Waals surface area contributed by atoms with Crippen LogP contribution in [-0.4, -0.2) is 9.54 Å². The highest BCUT2D eigenvalue weighted by Gasteiger charge is 2.03. The fraction of sp³-hybridized carbons (Fsp3) is 0. The smallest absolute Gasteiger partial charge is 0.124 e. The van der Waals surface area contributed by atoms with E-state index < -0.39 is 9.64 Å². The lowest BCUT2D eigenvalue weighted by atomic mass is 10.2. The van der Waals surface area contributed by atoms with Gasteiger partial charge in [0.2, 0.25) is 0 Å². The maximum Gasteiger partial charge on any atom is 0.124 e. The number of para-hydroxylation sites is 1. The number of nitrogens with zero attached hydrogens (tertiary/aromatic N) is 1. The van der Waals surface area contributed by atoms with E-state index in [0.29, 0.717) is 0 Å². The van der Waals surface area contributed by atoms with E-state index in [-0.39, 0.29) is 0 Å². The Morgan fingerprint density at radius 1 is 1.05 bits per heavy atom. The van der Waals surface area contributed by atoms with Crippen LogP contribution in [0.4, 0.5) is 0 Å². The van der Waals surface area contributed by atoms with Gasteiger partial charge in [0.15, 0.2) is 0 Å². The molecule has 3 nitrogen and oxygen atoms in total. The molecule has 1 N–H and O–H groups in total. The van der Waals surface area contributed by atoms with Gasteiger partial charge in [-0.1, -0.05) is 52.1 Å². The number of thiazole rings is 1. The number of aromatic nitrogens is 1. The van der Waals surface area contributed by atoms with Crippen molar-refractivity contribution in [1.29, 1.82) is 0 Å². The van der Waals surface area contributed by atoms with E-state index in [1.807, 2.05) is 24.3 Å². The van der Waals surface area contributed by atoms with Gasteiger partial charge in [0.05, 0.1) is 10.2 Å². The molecule has 3 aromatic rings. The minimum atomic E-state index is -2.03. The molecule has 0 bridgehead atoms. The molecule has 0 aliphatic heterocycles. The van der Waals surface area contributed by atoms with Gasteiger partial charge in [0.25, 0.3) is 0 Å². The van der Waals surface area contributed by atoms with Crippen LogP contribution in [-0.2, 0) is 25.0 Å². The lowest BCUT2D eigenvalue weighted by Gasteiger charge is -1.92. The highest BCUT2D eigenvalue weighted by atomic mass is 32.8. The number of benzene rings is 2. The molecule has 0 fully saturated rings. The van der Waals surface area contributed by atoms with Gasteiger partial charge < -0.3 is 8.76 Å².